The number of aryl methyl sites for hydroxylation is 2. The third-order valence-corrected chi connectivity index (χ3v) is 3.49. The first kappa shape index (κ1) is 12.9. The fourth-order valence-corrected chi connectivity index (χ4v) is 2.60. The van der Waals surface area contributed by atoms with E-state index in [0.717, 1.165) is 30.6 Å². The molecule has 0 aliphatic carbocycles. The van der Waals surface area contributed by atoms with Crippen molar-refractivity contribution in [2.75, 3.05) is 11.9 Å². The summed E-state index contributed by atoms with van der Waals surface area (Å²) in [5, 5.41) is 4.78. The summed E-state index contributed by atoms with van der Waals surface area (Å²) in [5.74, 6) is 0. The van der Waals surface area contributed by atoms with Crippen LogP contribution in [0.25, 0.3) is 10.9 Å². The van der Waals surface area contributed by atoms with Crippen LogP contribution < -0.4 is 5.32 Å². The van der Waals surface area contributed by atoms with E-state index < -0.39 is 0 Å². The van der Waals surface area contributed by atoms with Crippen molar-refractivity contribution in [2.45, 2.75) is 40.5 Å². The second-order valence-electron chi connectivity index (χ2n) is 4.60. The monoisotopic (exact) mass is 242 g/mol. The van der Waals surface area contributed by atoms with Crippen LogP contribution in [0.3, 0.4) is 0 Å². The molecule has 0 aliphatic heterocycles. The summed E-state index contributed by atoms with van der Waals surface area (Å²) in [6.07, 6.45) is 2.05. The number of fused-ring (bicyclic) bond motifs is 1. The van der Waals surface area contributed by atoms with Crippen molar-refractivity contribution in [3.63, 3.8) is 0 Å². The number of anilines is 1. The molecule has 1 N–H and O–H groups in total. The van der Waals surface area contributed by atoms with Crippen LogP contribution in [-0.4, -0.2) is 11.5 Å². The SMILES string of the molecule is CCNc1c(CC)c(C)nc2c(CC)cccc12. The van der Waals surface area contributed by atoms with Gasteiger partial charge in [-0.1, -0.05) is 32.0 Å². The van der Waals surface area contributed by atoms with Crippen molar-refractivity contribution in [3.8, 4) is 0 Å². The maximum atomic E-state index is 4.82. The molecule has 2 aromatic rings. The molecule has 1 aromatic carbocycles. The number of hydrogen-bond donors (Lipinski definition) is 1. The molecule has 2 nitrogen and oxygen atoms in total. The van der Waals surface area contributed by atoms with E-state index >= 15 is 0 Å². The summed E-state index contributed by atoms with van der Waals surface area (Å²) in [6, 6.07) is 6.49. The second kappa shape index (κ2) is 5.38. The zero-order valence-electron chi connectivity index (χ0n) is 11.8. The first-order valence-corrected chi connectivity index (χ1v) is 6.87. The van der Waals surface area contributed by atoms with Gasteiger partial charge in [-0.25, -0.2) is 0 Å². The lowest BCUT2D eigenvalue weighted by Gasteiger charge is -2.16. The number of nitrogens with one attached hydrogen (secondary N) is 1. The molecule has 0 amide bonds. The lowest BCUT2D eigenvalue weighted by molar-refractivity contribution is 1.05. The number of benzene rings is 1. The Labute approximate surface area is 109 Å². The van der Waals surface area contributed by atoms with Crippen LogP contribution in [0.2, 0.25) is 0 Å². The van der Waals surface area contributed by atoms with E-state index in [0.29, 0.717) is 0 Å². The molecule has 18 heavy (non-hydrogen) atoms. The van der Waals surface area contributed by atoms with E-state index in [4.69, 9.17) is 4.98 Å². The normalized spacial score (nSPS) is 10.9. The van der Waals surface area contributed by atoms with E-state index in [2.05, 4.69) is 51.2 Å². The molecule has 0 saturated heterocycles. The Morgan fingerprint density at radius 3 is 2.50 bits per heavy atom. The number of para-hydroxylation sites is 1. The van der Waals surface area contributed by atoms with Crippen LogP contribution in [0.1, 0.15) is 37.6 Å². The van der Waals surface area contributed by atoms with Crippen molar-refractivity contribution in [1.29, 1.82) is 0 Å². The average molecular weight is 242 g/mol. The smallest absolute Gasteiger partial charge is 0.0758 e. The minimum absolute atomic E-state index is 0.946. The van der Waals surface area contributed by atoms with Gasteiger partial charge < -0.3 is 5.32 Å². The third-order valence-electron chi connectivity index (χ3n) is 3.49. The molecular weight excluding hydrogens is 220 g/mol. The fraction of sp³-hybridized carbons (Fsp3) is 0.438. The summed E-state index contributed by atoms with van der Waals surface area (Å²) in [4.78, 5) is 4.82. The van der Waals surface area contributed by atoms with Gasteiger partial charge in [-0.05, 0) is 37.8 Å². The minimum atomic E-state index is 0.946. The quantitative estimate of drug-likeness (QED) is 0.873. The zero-order valence-corrected chi connectivity index (χ0v) is 11.8. The highest BCUT2D eigenvalue weighted by Gasteiger charge is 2.12. The summed E-state index contributed by atoms with van der Waals surface area (Å²) < 4.78 is 0. The van der Waals surface area contributed by atoms with Gasteiger partial charge in [-0.2, -0.15) is 0 Å². The van der Waals surface area contributed by atoms with Gasteiger partial charge in [0.25, 0.3) is 0 Å². The minimum Gasteiger partial charge on any atom is -0.384 e. The number of aromatic nitrogens is 1. The maximum Gasteiger partial charge on any atom is 0.0758 e. The second-order valence-corrected chi connectivity index (χ2v) is 4.60. The summed E-state index contributed by atoms with van der Waals surface area (Å²) in [5.41, 5.74) is 6.26. The standard InChI is InChI=1S/C16H22N2/c1-5-12-9-8-10-14-15(12)18-11(4)13(6-2)16(14)17-7-3/h8-10H,5-7H2,1-4H3,(H,17,18). The van der Waals surface area contributed by atoms with E-state index in [1.165, 1.54) is 22.2 Å². The van der Waals surface area contributed by atoms with Gasteiger partial charge in [-0.15, -0.1) is 0 Å². The first-order chi connectivity index (χ1) is 8.72. The Morgan fingerprint density at radius 2 is 1.89 bits per heavy atom. The highest BCUT2D eigenvalue weighted by Crippen LogP contribution is 2.30. The molecule has 0 unspecified atom stereocenters. The van der Waals surface area contributed by atoms with Gasteiger partial charge in [-0.3, -0.25) is 4.98 Å². The lowest BCUT2D eigenvalue weighted by atomic mass is 10.0. The van der Waals surface area contributed by atoms with Crippen molar-refractivity contribution >= 4 is 16.6 Å². The van der Waals surface area contributed by atoms with Crippen molar-refractivity contribution in [3.05, 3.63) is 35.0 Å². The Balaban J connectivity index is 2.81. The van der Waals surface area contributed by atoms with E-state index in [1.54, 1.807) is 0 Å². The van der Waals surface area contributed by atoms with Crippen molar-refractivity contribution in [2.24, 2.45) is 0 Å². The highest BCUT2D eigenvalue weighted by molar-refractivity contribution is 5.95. The van der Waals surface area contributed by atoms with Gasteiger partial charge in [0.05, 0.1) is 5.52 Å². The first-order valence-electron chi connectivity index (χ1n) is 6.87. The Hall–Kier alpha value is -1.57. The fourth-order valence-electron chi connectivity index (χ4n) is 2.60. The Kier molecular flexibility index (Phi) is 3.85. The molecule has 0 saturated carbocycles. The predicted molar refractivity (Wildman–Crippen MR) is 79.4 cm³/mol. The van der Waals surface area contributed by atoms with Gasteiger partial charge >= 0.3 is 0 Å². The third kappa shape index (κ3) is 2.07. The Bertz CT molecular complexity index is 559. The molecule has 0 spiro atoms. The number of pyridine rings is 1. The molecule has 0 atom stereocenters. The van der Waals surface area contributed by atoms with Gasteiger partial charge in [0.15, 0.2) is 0 Å². The molecule has 0 bridgehead atoms. The average Bonchev–Trinajstić information content (AvgIpc) is 2.38. The Morgan fingerprint density at radius 1 is 1.11 bits per heavy atom. The topological polar surface area (TPSA) is 24.9 Å². The highest BCUT2D eigenvalue weighted by atomic mass is 14.9. The van der Waals surface area contributed by atoms with Crippen LogP contribution in [0.4, 0.5) is 5.69 Å². The summed E-state index contributed by atoms with van der Waals surface area (Å²) in [6.45, 7) is 9.59. The molecule has 0 fully saturated rings. The maximum absolute atomic E-state index is 4.82. The van der Waals surface area contributed by atoms with Gasteiger partial charge in [0, 0.05) is 23.3 Å². The molecule has 1 aromatic heterocycles. The lowest BCUT2D eigenvalue weighted by Crippen LogP contribution is -2.05. The van der Waals surface area contributed by atoms with Crippen LogP contribution in [0, 0.1) is 6.92 Å². The van der Waals surface area contributed by atoms with Gasteiger partial charge in [0.1, 0.15) is 0 Å². The van der Waals surface area contributed by atoms with E-state index in [1.807, 2.05) is 0 Å². The van der Waals surface area contributed by atoms with Crippen LogP contribution in [0.15, 0.2) is 18.2 Å². The molecule has 0 radical (unpaired) electrons. The van der Waals surface area contributed by atoms with Crippen molar-refractivity contribution < 1.29 is 0 Å². The van der Waals surface area contributed by atoms with E-state index in [-0.39, 0.29) is 0 Å². The van der Waals surface area contributed by atoms with Crippen LogP contribution in [-0.2, 0) is 12.8 Å². The van der Waals surface area contributed by atoms with Gasteiger partial charge in [0.2, 0.25) is 0 Å². The summed E-state index contributed by atoms with van der Waals surface area (Å²) >= 11 is 0. The number of rotatable bonds is 4. The molecule has 0 aliphatic rings. The van der Waals surface area contributed by atoms with E-state index in [9.17, 15) is 0 Å². The largest absolute Gasteiger partial charge is 0.384 e. The molecule has 96 valence electrons. The molecular formula is C16H22N2. The number of nitrogens with zero attached hydrogens (tertiary/aromatic N) is 1. The van der Waals surface area contributed by atoms with Crippen molar-refractivity contribution in [1.82, 2.24) is 4.98 Å². The zero-order chi connectivity index (χ0) is 13.1. The van der Waals surface area contributed by atoms with Crippen LogP contribution >= 0.6 is 0 Å². The molecule has 1 heterocycles. The molecule has 2 rings (SSSR count). The molecule has 2 heteroatoms. The van der Waals surface area contributed by atoms with Crippen LogP contribution in [0.5, 0.6) is 0 Å². The number of hydrogen-bond acceptors (Lipinski definition) is 2. The predicted octanol–water partition coefficient (Wildman–Crippen LogP) is 4.10. The summed E-state index contributed by atoms with van der Waals surface area (Å²) in [7, 11) is 0.